The van der Waals surface area contributed by atoms with E-state index in [0.29, 0.717) is 37.0 Å². The first-order valence-electron chi connectivity index (χ1n) is 9.13. The number of morpholine rings is 1. The summed E-state index contributed by atoms with van der Waals surface area (Å²) in [7, 11) is 0. The van der Waals surface area contributed by atoms with Crippen LogP contribution in [0.4, 0.5) is 4.39 Å². The van der Waals surface area contributed by atoms with Crippen LogP contribution in [0.25, 0.3) is 0 Å². The van der Waals surface area contributed by atoms with Gasteiger partial charge in [-0.2, -0.15) is 5.10 Å². The summed E-state index contributed by atoms with van der Waals surface area (Å²) in [6, 6.07) is 8.61. The molecule has 3 heterocycles. The van der Waals surface area contributed by atoms with Crippen molar-refractivity contribution in [3.8, 4) is 0 Å². The second-order valence-electron chi connectivity index (χ2n) is 6.81. The smallest absolute Gasteiger partial charge is 0.274 e. The number of aromatic nitrogens is 2. The summed E-state index contributed by atoms with van der Waals surface area (Å²) < 4.78 is 21.6. The Bertz CT molecular complexity index is 772. The molecule has 138 valence electrons. The van der Waals surface area contributed by atoms with Gasteiger partial charge in [-0.05, 0) is 31.5 Å². The van der Waals surface area contributed by atoms with Crippen LogP contribution in [0.15, 0.2) is 36.5 Å². The third-order valence-corrected chi connectivity index (χ3v) is 5.08. The van der Waals surface area contributed by atoms with E-state index in [2.05, 4.69) is 10.4 Å². The number of nitrogens with zero attached hydrogens (tertiary/aromatic N) is 3. The Labute approximate surface area is 151 Å². The minimum absolute atomic E-state index is 0.128. The Morgan fingerprint density at radius 3 is 3.00 bits per heavy atom. The zero-order valence-electron chi connectivity index (χ0n) is 14.6. The zero-order chi connectivity index (χ0) is 17.9. The number of piperidine rings is 1. The van der Waals surface area contributed by atoms with Crippen molar-refractivity contribution in [1.82, 2.24) is 20.0 Å². The fourth-order valence-corrected chi connectivity index (χ4v) is 3.63. The van der Waals surface area contributed by atoms with Gasteiger partial charge in [-0.1, -0.05) is 18.2 Å². The quantitative estimate of drug-likeness (QED) is 0.914. The highest BCUT2D eigenvalue weighted by Gasteiger charge is 2.29. The Morgan fingerprint density at radius 1 is 1.31 bits per heavy atom. The molecule has 0 radical (unpaired) electrons. The lowest BCUT2D eigenvalue weighted by Gasteiger charge is -2.33. The van der Waals surface area contributed by atoms with E-state index in [1.54, 1.807) is 29.2 Å². The molecule has 0 aliphatic carbocycles. The summed E-state index contributed by atoms with van der Waals surface area (Å²) in [4.78, 5) is 14.5. The normalized spacial score (nSPS) is 23.8. The van der Waals surface area contributed by atoms with Crippen LogP contribution in [0.1, 0.15) is 41.0 Å². The Balaban J connectivity index is 1.46. The van der Waals surface area contributed by atoms with Crippen molar-refractivity contribution in [2.24, 2.45) is 0 Å². The number of rotatable bonds is 3. The molecule has 1 N–H and O–H groups in total. The SMILES string of the molecule is O=C(c1ccn(C2CCCNC2)n1)N1CCOC(c2ccccc2F)C1. The first kappa shape index (κ1) is 17.2. The molecule has 4 rings (SSSR count). The van der Waals surface area contributed by atoms with Crippen molar-refractivity contribution >= 4 is 5.91 Å². The lowest BCUT2D eigenvalue weighted by atomic mass is 10.1. The van der Waals surface area contributed by atoms with E-state index in [9.17, 15) is 9.18 Å². The van der Waals surface area contributed by atoms with Gasteiger partial charge in [-0.3, -0.25) is 9.48 Å². The van der Waals surface area contributed by atoms with Gasteiger partial charge >= 0.3 is 0 Å². The van der Waals surface area contributed by atoms with Crippen LogP contribution in [-0.2, 0) is 4.74 Å². The molecule has 26 heavy (non-hydrogen) atoms. The van der Waals surface area contributed by atoms with E-state index in [0.717, 1.165) is 25.9 Å². The second kappa shape index (κ2) is 7.55. The lowest BCUT2D eigenvalue weighted by molar-refractivity contribution is -0.0245. The van der Waals surface area contributed by atoms with Crippen LogP contribution in [-0.4, -0.2) is 53.4 Å². The fourth-order valence-electron chi connectivity index (χ4n) is 3.63. The molecule has 7 heteroatoms. The predicted octanol–water partition coefficient (Wildman–Crippen LogP) is 2.16. The van der Waals surface area contributed by atoms with Crippen LogP contribution in [0.3, 0.4) is 0 Å². The molecule has 2 unspecified atom stereocenters. The van der Waals surface area contributed by atoms with Crippen LogP contribution in [0.5, 0.6) is 0 Å². The highest BCUT2D eigenvalue weighted by molar-refractivity contribution is 5.92. The van der Waals surface area contributed by atoms with E-state index in [-0.39, 0.29) is 11.7 Å². The van der Waals surface area contributed by atoms with Crippen molar-refractivity contribution in [3.05, 3.63) is 53.6 Å². The molecular formula is C19H23FN4O2. The number of carbonyl (C=O) groups excluding carboxylic acids is 1. The number of benzene rings is 1. The van der Waals surface area contributed by atoms with Crippen molar-refractivity contribution in [2.45, 2.75) is 25.0 Å². The Kier molecular flexibility index (Phi) is 4.99. The first-order valence-corrected chi connectivity index (χ1v) is 9.13. The first-order chi connectivity index (χ1) is 12.7. The highest BCUT2D eigenvalue weighted by atomic mass is 19.1. The van der Waals surface area contributed by atoms with Crippen molar-refractivity contribution in [1.29, 1.82) is 0 Å². The molecule has 0 bridgehead atoms. The molecule has 2 fully saturated rings. The average Bonchev–Trinajstić information content (AvgIpc) is 3.19. The van der Waals surface area contributed by atoms with Crippen molar-refractivity contribution < 1.29 is 13.9 Å². The van der Waals surface area contributed by atoms with Gasteiger partial charge in [0.15, 0.2) is 0 Å². The van der Waals surface area contributed by atoms with Crippen LogP contribution >= 0.6 is 0 Å². The van der Waals surface area contributed by atoms with Gasteiger partial charge in [0.05, 0.1) is 19.2 Å². The minimum Gasteiger partial charge on any atom is -0.370 e. The monoisotopic (exact) mass is 358 g/mol. The molecule has 0 saturated carbocycles. The summed E-state index contributed by atoms with van der Waals surface area (Å²) in [5.41, 5.74) is 0.925. The molecule has 1 amide bonds. The fraction of sp³-hybridized carbons (Fsp3) is 0.474. The molecule has 2 aliphatic heterocycles. The van der Waals surface area contributed by atoms with Crippen LogP contribution in [0.2, 0.25) is 0 Å². The number of amides is 1. The van der Waals surface area contributed by atoms with E-state index < -0.39 is 6.10 Å². The number of hydrogen-bond acceptors (Lipinski definition) is 4. The van der Waals surface area contributed by atoms with Gasteiger partial charge in [0.2, 0.25) is 0 Å². The number of hydrogen-bond donors (Lipinski definition) is 1. The average molecular weight is 358 g/mol. The van der Waals surface area contributed by atoms with Gasteiger partial charge < -0.3 is 15.0 Å². The maximum Gasteiger partial charge on any atom is 0.274 e. The maximum atomic E-state index is 14.0. The summed E-state index contributed by atoms with van der Waals surface area (Å²) in [6.07, 6.45) is 3.61. The van der Waals surface area contributed by atoms with E-state index in [1.807, 2.05) is 10.9 Å². The van der Waals surface area contributed by atoms with E-state index in [4.69, 9.17) is 4.74 Å². The molecular weight excluding hydrogens is 335 g/mol. The zero-order valence-corrected chi connectivity index (χ0v) is 14.6. The number of ether oxygens (including phenoxy) is 1. The largest absolute Gasteiger partial charge is 0.370 e. The molecule has 1 aromatic heterocycles. The summed E-state index contributed by atoms with van der Waals surface area (Å²) in [5.74, 6) is -0.432. The van der Waals surface area contributed by atoms with E-state index in [1.165, 1.54) is 6.07 Å². The third-order valence-electron chi connectivity index (χ3n) is 5.08. The maximum absolute atomic E-state index is 14.0. The highest BCUT2D eigenvalue weighted by Crippen LogP contribution is 2.25. The molecule has 6 nitrogen and oxygen atoms in total. The molecule has 2 saturated heterocycles. The molecule has 2 atom stereocenters. The number of carbonyl (C=O) groups is 1. The molecule has 1 aromatic carbocycles. The minimum atomic E-state index is -0.446. The third kappa shape index (κ3) is 3.50. The lowest BCUT2D eigenvalue weighted by Crippen LogP contribution is -2.42. The van der Waals surface area contributed by atoms with Gasteiger partial charge in [-0.25, -0.2) is 4.39 Å². The Hall–Kier alpha value is -2.25. The van der Waals surface area contributed by atoms with Crippen LogP contribution < -0.4 is 5.32 Å². The van der Waals surface area contributed by atoms with Crippen LogP contribution in [0, 0.1) is 5.82 Å². The van der Waals surface area contributed by atoms with Gasteiger partial charge in [0.1, 0.15) is 17.6 Å². The molecule has 0 spiro atoms. The standard InChI is InChI=1S/C19H23FN4O2/c20-16-6-2-1-5-15(16)18-13-23(10-11-26-18)19(25)17-7-9-24(22-17)14-4-3-8-21-12-14/h1-2,5-7,9,14,18,21H,3-4,8,10-13H2. The number of halogens is 1. The van der Waals surface area contributed by atoms with E-state index >= 15 is 0 Å². The Morgan fingerprint density at radius 2 is 2.19 bits per heavy atom. The van der Waals surface area contributed by atoms with Gasteiger partial charge in [0.25, 0.3) is 5.91 Å². The topological polar surface area (TPSA) is 59.4 Å². The molecule has 2 aliphatic rings. The van der Waals surface area contributed by atoms with Crippen molar-refractivity contribution in [2.75, 3.05) is 32.8 Å². The van der Waals surface area contributed by atoms with Gasteiger partial charge in [0, 0.05) is 24.8 Å². The summed E-state index contributed by atoms with van der Waals surface area (Å²) in [5, 5.41) is 7.85. The summed E-state index contributed by atoms with van der Waals surface area (Å²) >= 11 is 0. The summed E-state index contributed by atoms with van der Waals surface area (Å²) in [6.45, 7) is 3.12. The van der Waals surface area contributed by atoms with Crippen molar-refractivity contribution in [3.63, 3.8) is 0 Å². The predicted molar refractivity (Wildman–Crippen MR) is 94.4 cm³/mol. The molecule has 2 aromatic rings. The number of nitrogens with one attached hydrogen (secondary N) is 1. The van der Waals surface area contributed by atoms with Gasteiger partial charge in [-0.15, -0.1) is 0 Å². The second-order valence-corrected chi connectivity index (χ2v) is 6.81.